The molecule has 6 nitrogen and oxygen atoms in total. The van der Waals surface area contributed by atoms with Crippen LogP contribution in [0.5, 0.6) is 0 Å². The second-order valence-corrected chi connectivity index (χ2v) is 7.14. The molecule has 0 aliphatic heterocycles. The molecule has 118 valence electrons. The summed E-state index contributed by atoms with van der Waals surface area (Å²) in [6, 6.07) is 5.28. The van der Waals surface area contributed by atoms with Gasteiger partial charge in [0.2, 0.25) is 15.9 Å². The SMILES string of the molecule is CC(C)C[C@H](N)C(=O)NC(C)c1ccc(S(N)(=O)=O)cc1. The average molecular weight is 313 g/mol. The van der Waals surface area contributed by atoms with Crippen molar-refractivity contribution in [3.63, 3.8) is 0 Å². The van der Waals surface area contributed by atoms with Crippen LogP contribution in [0.3, 0.4) is 0 Å². The zero-order valence-electron chi connectivity index (χ0n) is 12.5. The number of benzene rings is 1. The maximum absolute atomic E-state index is 11.9. The Kier molecular flexibility index (Phi) is 5.88. The Labute approximate surface area is 126 Å². The number of nitrogens with two attached hydrogens (primary N) is 2. The van der Waals surface area contributed by atoms with Gasteiger partial charge in [-0.15, -0.1) is 0 Å². The molecule has 21 heavy (non-hydrogen) atoms. The second-order valence-electron chi connectivity index (χ2n) is 5.58. The van der Waals surface area contributed by atoms with Crippen molar-refractivity contribution in [1.29, 1.82) is 0 Å². The Morgan fingerprint density at radius 3 is 2.14 bits per heavy atom. The van der Waals surface area contributed by atoms with Crippen molar-refractivity contribution in [3.8, 4) is 0 Å². The Morgan fingerprint density at radius 2 is 1.71 bits per heavy atom. The maximum Gasteiger partial charge on any atom is 0.238 e. The minimum Gasteiger partial charge on any atom is -0.348 e. The van der Waals surface area contributed by atoms with Crippen LogP contribution in [0.4, 0.5) is 0 Å². The third-order valence-corrected chi connectivity index (χ3v) is 4.06. The lowest BCUT2D eigenvalue weighted by Crippen LogP contribution is -2.42. The molecule has 0 radical (unpaired) electrons. The first-order chi connectivity index (χ1) is 9.61. The normalized spacial score (nSPS) is 14.8. The number of carbonyl (C=O) groups is 1. The standard InChI is InChI=1S/C14H23N3O3S/c1-9(2)8-13(15)14(18)17-10(3)11-4-6-12(7-5-11)21(16,19)20/h4-7,9-10,13H,8,15H2,1-3H3,(H,17,18)(H2,16,19,20)/t10?,13-/m0/s1. The second kappa shape index (κ2) is 7.02. The molecule has 0 fully saturated rings. The third kappa shape index (κ3) is 5.45. The first kappa shape index (κ1) is 17.6. The number of hydrogen-bond acceptors (Lipinski definition) is 4. The summed E-state index contributed by atoms with van der Waals surface area (Å²) in [5.41, 5.74) is 6.60. The fraction of sp³-hybridized carbons (Fsp3) is 0.500. The van der Waals surface area contributed by atoms with Gasteiger partial charge in [-0.25, -0.2) is 13.6 Å². The maximum atomic E-state index is 11.9. The molecule has 0 aliphatic rings. The molecule has 2 atom stereocenters. The highest BCUT2D eigenvalue weighted by molar-refractivity contribution is 7.89. The van der Waals surface area contributed by atoms with Gasteiger partial charge in [-0.3, -0.25) is 4.79 Å². The molecular weight excluding hydrogens is 290 g/mol. The molecule has 1 rings (SSSR count). The summed E-state index contributed by atoms with van der Waals surface area (Å²) in [4.78, 5) is 12.0. The number of nitrogens with one attached hydrogen (secondary N) is 1. The molecule has 0 bridgehead atoms. The van der Waals surface area contributed by atoms with Crippen molar-refractivity contribution in [3.05, 3.63) is 29.8 Å². The lowest BCUT2D eigenvalue weighted by Gasteiger charge is -2.19. The fourth-order valence-corrected chi connectivity index (χ4v) is 2.48. The number of sulfonamides is 1. The van der Waals surface area contributed by atoms with E-state index in [1.54, 1.807) is 12.1 Å². The van der Waals surface area contributed by atoms with E-state index >= 15 is 0 Å². The molecule has 0 heterocycles. The van der Waals surface area contributed by atoms with Crippen LogP contribution in [-0.4, -0.2) is 20.4 Å². The van der Waals surface area contributed by atoms with Crippen molar-refractivity contribution in [2.45, 2.75) is 44.2 Å². The highest BCUT2D eigenvalue weighted by Gasteiger charge is 2.18. The first-order valence-corrected chi connectivity index (χ1v) is 8.34. The molecule has 0 aromatic heterocycles. The number of primary sulfonamides is 1. The Bertz CT molecular complexity index is 582. The van der Waals surface area contributed by atoms with Crippen LogP contribution in [0.1, 0.15) is 38.8 Å². The van der Waals surface area contributed by atoms with Crippen LogP contribution in [0.25, 0.3) is 0 Å². The highest BCUT2D eigenvalue weighted by atomic mass is 32.2. The average Bonchev–Trinajstić information content (AvgIpc) is 2.36. The zero-order chi connectivity index (χ0) is 16.2. The number of carbonyl (C=O) groups excluding carboxylic acids is 1. The first-order valence-electron chi connectivity index (χ1n) is 6.80. The minimum atomic E-state index is -3.70. The fourth-order valence-electron chi connectivity index (χ4n) is 1.96. The van der Waals surface area contributed by atoms with Crippen LogP contribution in [0, 0.1) is 5.92 Å². The molecule has 0 saturated heterocycles. The monoisotopic (exact) mass is 313 g/mol. The molecule has 1 unspecified atom stereocenters. The molecule has 7 heteroatoms. The van der Waals surface area contributed by atoms with E-state index in [9.17, 15) is 13.2 Å². The Hall–Kier alpha value is -1.44. The summed E-state index contributed by atoms with van der Waals surface area (Å²) in [5.74, 6) is 0.127. The summed E-state index contributed by atoms with van der Waals surface area (Å²) < 4.78 is 22.4. The van der Waals surface area contributed by atoms with Gasteiger partial charge in [-0.1, -0.05) is 26.0 Å². The van der Waals surface area contributed by atoms with Crippen molar-refractivity contribution in [1.82, 2.24) is 5.32 Å². The van der Waals surface area contributed by atoms with Gasteiger partial charge >= 0.3 is 0 Å². The zero-order valence-corrected chi connectivity index (χ0v) is 13.4. The largest absolute Gasteiger partial charge is 0.348 e. The van der Waals surface area contributed by atoms with E-state index in [1.165, 1.54) is 12.1 Å². The quantitative estimate of drug-likeness (QED) is 0.723. The van der Waals surface area contributed by atoms with E-state index in [1.807, 2.05) is 20.8 Å². The topological polar surface area (TPSA) is 115 Å². The molecule has 0 spiro atoms. The van der Waals surface area contributed by atoms with Crippen LogP contribution in [0.15, 0.2) is 29.2 Å². The van der Waals surface area contributed by atoms with Crippen molar-refractivity contribution in [2.75, 3.05) is 0 Å². The van der Waals surface area contributed by atoms with E-state index in [0.29, 0.717) is 12.3 Å². The van der Waals surface area contributed by atoms with Crippen LogP contribution in [0.2, 0.25) is 0 Å². The lowest BCUT2D eigenvalue weighted by atomic mass is 10.0. The molecule has 1 aromatic rings. The predicted octanol–water partition coefficient (Wildman–Crippen LogP) is 0.885. The van der Waals surface area contributed by atoms with Crippen molar-refractivity contribution < 1.29 is 13.2 Å². The summed E-state index contributed by atoms with van der Waals surface area (Å²) in [6.07, 6.45) is 0.614. The van der Waals surface area contributed by atoms with Crippen molar-refractivity contribution >= 4 is 15.9 Å². The van der Waals surface area contributed by atoms with Gasteiger partial charge < -0.3 is 11.1 Å². The van der Waals surface area contributed by atoms with Gasteiger partial charge in [0.25, 0.3) is 0 Å². The summed E-state index contributed by atoms with van der Waals surface area (Å²) >= 11 is 0. The molecule has 1 amide bonds. The van der Waals surface area contributed by atoms with E-state index in [0.717, 1.165) is 5.56 Å². The Morgan fingerprint density at radius 1 is 1.19 bits per heavy atom. The van der Waals surface area contributed by atoms with E-state index in [4.69, 9.17) is 10.9 Å². The molecular formula is C14H23N3O3S. The van der Waals surface area contributed by atoms with Crippen LogP contribution >= 0.6 is 0 Å². The summed E-state index contributed by atoms with van der Waals surface area (Å²) in [7, 11) is -3.70. The van der Waals surface area contributed by atoms with E-state index in [2.05, 4.69) is 5.32 Å². The number of amides is 1. The molecule has 1 aromatic carbocycles. The van der Waals surface area contributed by atoms with Gasteiger partial charge in [0, 0.05) is 0 Å². The summed E-state index contributed by atoms with van der Waals surface area (Å²) in [6.45, 7) is 5.82. The van der Waals surface area contributed by atoms with Gasteiger partial charge in [0.05, 0.1) is 17.0 Å². The molecule has 0 saturated carbocycles. The van der Waals surface area contributed by atoms with Gasteiger partial charge in [0.1, 0.15) is 0 Å². The lowest BCUT2D eigenvalue weighted by molar-refractivity contribution is -0.123. The number of hydrogen-bond donors (Lipinski definition) is 3. The molecule has 0 aliphatic carbocycles. The molecule has 5 N–H and O–H groups in total. The third-order valence-electron chi connectivity index (χ3n) is 3.13. The van der Waals surface area contributed by atoms with Crippen LogP contribution < -0.4 is 16.2 Å². The number of rotatable bonds is 6. The van der Waals surface area contributed by atoms with Gasteiger partial charge in [-0.2, -0.15) is 0 Å². The summed E-state index contributed by atoms with van der Waals surface area (Å²) in [5, 5.41) is 7.85. The Balaban J connectivity index is 2.72. The van der Waals surface area contributed by atoms with E-state index in [-0.39, 0.29) is 16.8 Å². The highest BCUT2D eigenvalue weighted by Crippen LogP contribution is 2.16. The smallest absolute Gasteiger partial charge is 0.238 e. The predicted molar refractivity (Wildman–Crippen MR) is 81.8 cm³/mol. The van der Waals surface area contributed by atoms with Gasteiger partial charge in [-0.05, 0) is 37.0 Å². The van der Waals surface area contributed by atoms with Crippen LogP contribution in [-0.2, 0) is 14.8 Å². The minimum absolute atomic E-state index is 0.0429. The van der Waals surface area contributed by atoms with Crippen molar-refractivity contribution in [2.24, 2.45) is 16.8 Å². The van der Waals surface area contributed by atoms with E-state index < -0.39 is 16.1 Å². The van der Waals surface area contributed by atoms with Gasteiger partial charge in [0.15, 0.2) is 0 Å².